The summed E-state index contributed by atoms with van der Waals surface area (Å²) >= 11 is 0. The molecular weight excluding hydrogens is 404 g/mol. The number of rotatable bonds is 3. The fourth-order valence-electron chi connectivity index (χ4n) is 2.22. The summed E-state index contributed by atoms with van der Waals surface area (Å²) in [6.07, 6.45) is 6.27. The van der Waals surface area contributed by atoms with Gasteiger partial charge in [0.15, 0.2) is 25.1 Å². The van der Waals surface area contributed by atoms with Crippen molar-refractivity contribution in [3.63, 3.8) is 0 Å². The highest BCUT2D eigenvalue weighted by Crippen LogP contribution is 2.12. The van der Waals surface area contributed by atoms with Crippen molar-refractivity contribution in [1.82, 2.24) is 0 Å². The third-order valence-electron chi connectivity index (χ3n) is 3.38. The average molecular weight is 422 g/mol. The first-order chi connectivity index (χ1) is 9.81. The van der Waals surface area contributed by atoms with Gasteiger partial charge in [0.1, 0.15) is 0 Å². The van der Waals surface area contributed by atoms with Crippen LogP contribution in [0.4, 0.5) is 0 Å². The Morgan fingerprint density at radius 3 is 2.14 bits per heavy atom. The Morgan fingerprint density at radius 2 is 1.55 bits per heavy atom. The molecule has 4 heteroatoms. The second kappa shape index (κ2) is 8.81. The molecule has 114 valence electrons. The molecule has 0 saturated heterocycles. The molecule has 0 aliphatic rings. The minimum atomic E-state index is 0. The molecule has 2 aromatic heterocycles. The monoisotopic (exact) mass is 420 g/mol. The predicted octanol–water partition coefficient (Wildman–Crippen LogP) is -3.18. The summed E-state index contributed by atoms with van der Waals surface area (Å²) < 4.78 is 2.19. The Bertz CT molecular complexity index is 681. The van der Waals surface area contributed by atoms with Crippen LogP contribution >= 0.6 is 0 Å². The van der Waals surface area contributed by atoms with Crippen LogP contribution in [-0.2, 0) is 6.54 Å². The zero-order valence-electron chi connectivity index (χ0n) is 12.3. The van der Waals surface area contributed by atoms with Gasteiger partial charge in [0, 0.05) is 29.3 Å². The van der Waals surface area contributed by atoms with Crippen LogP contribution in [0.1, 0.15) is 11.1 Å². The van der Waals surface area contributed by atoms with Gasteiger partial charge in [-0.05, 0) is 13.0 Å². The highest BCUT2D eigenvalue weighted by atomic mass is 79.9. The van der Waals surface area contributed by atoms with E-state index in [1.165, 1.54) is 16.7 Å². The van der Waals surface area contributed by atoms with E-state index in [9.17, 15) is 0 Å². The van der Waals surface area contributed by atoms with E-state index in [0.29, 0.717) is 0 Å². The van der Waals surface area contributed by atoms with Crippen LogP contribution in [0.5, 0.6) is 0 Å². The van der Waals surface area contributed by atoms with Gasteiger partial charge in [0.25, 0.3) is 0 Å². The van der Waals surface area contributed by atoms with Gasteiger partial charge < -0.3 is 34.0 Å². The molecule has 22 heavy (non-hydrogen) atoms. The van der Waals surface area contributed by atoms with Crippen LogP contribution in [0.15, 0.2) is 73.2 Å². The predicted molar refractivity (Wildman–Crippen MR) is 78.9 cm³/mol. The standard InChI is InChI=1S/C18H17N2.2BrH/c1-15-7-8-18(19-13-15)17-9-11-20(12-10-17)14-16-5-3-2-4-6-16;;/h2-13H,14H2,1H3;2*1H/q+1;;/p-1. The maximum Gasteiger partial charge on any atom is 0.211 e. The molecule has 0 spiro atoms. The van der Waals surface area contributed by atoms with Gasteiger partial charge in [-0.15, -0.1) is 0 Å². The van der Waals surface area contributed by atoms with Crippen LogP contribution in [0.2, 0.25) is 0 Å². The van der Waals surface area contributed by atoms with Gasteiger partial charge in [-0.1, -0.05) is 30.3 Å². The van der Waals surface area contributed by atoms with Crippen molar-refractivity contribution in [2.45, 2.75) is 13.5 Å². The Balaban J connectivity index is 0.00000121. The summed E-state index contributed by atoms with van der Waals surface area (Å²) in [5.74, 6) is 0. The van der Waals surface area contributed by atoms with Crippen molar-refractivity contribution >= 4 is 0 Å². The molecule has 1 N–H and O–H groups in total. The van der Waals surface area contributed by atoms with Gasteiger partial charge in [-0.25, -0.2) is 9.55 Å². The maximum atomic E-state index is 3.31. The number of aromatic amines is 1. The average Bonchev–Trinajstić information content (AvgIpc) is 2.50. The van der Waals surface area contributed by atoms with Gasteiger partial charge >= 0.3 is 0 Å². The number of hydrogen-bond acceptors (Lipinski definition) is 0. The van der Waals surface area contributed by atoms with Crippen molar-refractivity contribution in [2.75, 3.05) is 0 Å². The lowest BCUT2D eigenvalue weighted by Crippen LogP contribution is -3.00. The van der Waals surface area contributed by atoms with Gasteiger partial charge in [-0.2, -0.15) is 0 Å². The number of nitrogens with zero attached hydrogens (tertiary/aromatic N) is 1. The highest BCUT2D eigenvalue weighted by molar-refractivity contribution is 5.54. The molecule has 2 nitrogen and oxygen atoms in total. The molecular formula is C18H18Br2N2. The summed E-state index contributed by atoms with van der Waals surface area (Å²) in [6.45, 7) is 2.98. The Morgan fingerprint density at radius 1 is 0.864 bits per heavy atom. The summed E-state index contributed by atoms with van der Waals surface area (Å²) in [4.78, 5) is 3.31. The lowest BCUT2D eigenvalue weighted by Gasteiger charge is -1.98. The van der Waals surface area contributed by atoms with E-state index in [4.69, 9.17) is 0 Å². The molecule has 0 atom stereocenters. The van der Waals surface area contributed by atoms with Crippen LogP contribution in [-0.4, -0.2) is 0 Å². The number of benzene rings is 1. The minimum absolute atomic E-state index is 0. The van der Waals surface area contributed by atoms with Gasteiger partial charge in [0.05, 0.1) is 5.56 Å². The fraction of sp³-hybridized carbons (Fsp3) is 0.111. The summed E-state index contributed by atoms with van der Waals surface area (Å²) in [5.41, 5.74) is 4.90. The van der Waals surface area contributed by atoms with Crippen molar-refractivity contribution in [3.8, 4) is 11.3 Å². The van der Waals surface area contributed by atoms with E-state index < -0.39 is 0 Å². The third-order valence-corrected chi connectivity index (χ3v) is 3.38. The van der Waals surface area contributed by atoms with Crippen LogP contribution in [0.25, 0.3) is 11.3 Å². The van der Waals surface area contributed by atoms with Crippen molar-refractivity contribution in [1.29, 1.82) is 0 Å². The molecule has 3 aromatic rings. The summed E-state index contributed by atoms with van der Waals surface area (Å²) in [6, 6.07) is 19.0. The van der Waals surface area contributed by atoms with E-state index in [-0.39, 0.29) is 34.0 Å². The minimum Gasteiger partial charge on any atom is -1.00 e. The topological polar surface area (TPSA) is 18.0 Å². The number of nitrogens with one attached hydrogen (secondary N) is 1. The normalized spacial score (nSPS) is 9.50. The first-order valence-electron chi connectivity index (χ1n) is 6.83. The molecule has 0 radical (unpaired) electrons. The Labute approximate surface area is 152 Å². The molecule has 0 saturated carbocycles. The second-order valence-corrected chi connectivity index (χ2v) is 5.02. The quantitative estimate of drug-likeness (QED) is 0.397. The van der Waals surface area contributed by atoms with Crippen LogP contribution in [0.3, 0.4) is 0 Å². The largest absolute Gasteiger partial charge is 1.00 e. The molecule has 0 unspecified atom stereocenters. The van der Waals surface area contributed by atoms with Gasteiger partial charge in [-0.3, -0.25) is 0 Å². The second-order valence-electron chi connectivity index (χ2n) is 5.02. The zero-order valence-corrected chi connectivity index (χ0v) is 15.5. The smallest absolute Gasteiger partial charge is 0.211 e. The Kier molecular flexibility index (Phi) is 7.42. The molecule has 0 aliphatic carbocycles. The number of aryl methyl sites for hydroxylation is 1. The highest BCUT2D eigenvalue weighted by Gasteiger charge is 2.08. The van der Waals surface area contributed by atoms with Crippen LogP contribution < -0.4 is 43.5 Å². The van der Waals surface area contributed by atoms with Gasteiger partial charge in [0.2, 0.25) is 5.69 Å². The number of halogens is 2. The first kappa shape index (κ1) is 18.5. The third kappa shape index (κ3) is 4.75. The summed E-state index contributed by atoms with van der Waals surface area (Å²) in [5, 5.41) is 0. The van der Waals surface area contributed by atoms with E-state index in [0.717, 1.165) is 12.2 Å². The fourth-order valence-corrected chi connectivity index (χ4v) is 2.22. The van der Waals surface area contributed by atoms with Crippen molar-refractivity contribution < 1.29 is 43.5 Å². The number of pyridine rings is 2. The zero-order chi connectivity index (χ0) is 13.8. The van der Waals surface area contributed by atoms with E-state index in [2.05, 4.69) is 77.4 Å². The first-order valence-corrected chi connectivity index (χ1v) is 6.83. The lowest BCUT2D eigenvalue weighted by molar-refractivity contribution is -0.688. The van der Waals surface area contributed by atoms with Crippen LogP contribution in [0, 0.1) is 6.92 Å². The molecule has 1 aromatic carbocycles. The Hall–Kier alpha value is -1.52. The number of aromatic nitrogens is 2. The lowest BCUT2D eigenvalue weighted by atomic mass is 10.1. The number of H-pyrrole nitrogens is 1. The molecule has 2 heterocycles. The van der Waals surface area contributed by atoms with E-state index in [1.807, 2.05) is 12.3 Å². The summed E-state index contributed by atoms with van der Waals surface area (Å²) in [7, 11) is 0. The van der Waals surface area contributed by atoms with Crippen molar-refractivity contribution in [3.05, 3.63) is 84.3 Å². The molecule has 0 aliphatic heterocycles. The molecule has 0 amide bonds. The maximum absolute atomic E-state index is 3.31. The van der Waals surface area contributed by atoms with Crippen molar-refractivity contribution in [2.24, 2.45) is 0 Å². The molecule has 0 bridgehead atoms. The SMILES string of the molecule is Cc1ccc(-c2cc[n+](Cc3ccccc3)cc2)[nH+]c1.[Br-].[Br-]. The van der Waals surface area contributed by atoms with E-state index in [1.54, 1.807) is 0 Å². The number of hydrogen-bond donors (Lipinski definition) is 0. The molecule has 0 fully saturated rings. The molecule has 3 rings (SSSR count). The van der Waals surface area contributed by atoms with E-state index >= 15 is 0 Å².